The van der Waals surface area contributed by atoms with Gasteiger partial charge in [0, 0.05) is 37.2 Å². The van der Waals surface area contributed by atoms with Gasteiger partial charge >= 0.3 is 0 Å². The fraction of sp³-hybridized carbons (Fsp3) is 0.304. The SMILES string of the molecule is O=C(COc1ccccc1)N1CC[C@@H](c2cc(CCOc3cccc(F)c3)[nH]n2)C1. The van der Waals surface area contributed by atoms with Gasteiger partial charge in [-0.05, 0) is 36.8 Å². The monoisotopic (exact) mass is 409 g/mol. The lowest BCUT2D eigenvalue weighted by Crippen LogP contribution is -2.32. The molecule has 0 saturated carbocycles. The van der Waals surface area contributed by atoms with Crippen molar-refractivity contribution in [3.63, 3.8) is 0 Å². The van der Waals surface area contributed by atoms with Gasteiger partial charge in [-0.25, -0.2) is 4.39 Å². The van der Waals surface area contributed by atoms with Crippen molar-refractivity contribution in [3.05, 3.63) is 77.9 Å². The molecule has 30 heavy (non-hydrogen) atoms. The first-order chi connectivity index (χ1) is 14.7. The summed E-state index contributed by atoms with van der Waals surface area (Å²) >= 11 is 0. The third kappa shape index (κ3) is 5.17. The summed E-state index contributed by atoms with van der Waals surface area (Å²) in [7, 11) is 0. The van der Waals surface area contributed by atoms with Gasteiger partial charge in [0.2, 0.25) is 0 Å². The van der Waals surface area contributed by atoms with Crippen molar-refractivity contribution in [2.45, 2.75) is 18.8 Å². The van der Waals surface area contributed by atoms with E-state index >= 15 is 0 Å². The van der Waals surface area contributed by atoms with Crippen molar-refractivity contribution in [2.24, 2.45) is 0 Å². The number of amides is 1. The van der Waals surface area contributed by atoms with Gasteiger partial charge in [-0.1, -0.05) is 24.3 Å². The van der Waals surface area contributed by atoms with E-state index in [2.05, 4.69) is 10.2 Å². The molecule has 1 N–H and O–H groups in total. The molecule has 2 heterocycles. The lowest BCUT2D eigenvalue weighted by Gasteiger charge is -2.16. The van der Waals surface area contributed by atoms with E-state index in [-0.39, 0.29) is 24.2 Å². The second-order valence-corrected chi connectivity index (χ2v) is 7.30. The zero-order valence-electron chi connectivity index (χ0n) is 16.6. The summed E-state index contributed by atoms with van der Waals surface area (Å²) in [6, 6.07) is 17.5. The van der Waals surface area contributed by atoms with Gasteiger partial charge in [0.05, 0.1) is 12.3 Å². The van der Waals surface area contributed by atoms with Gasteiger partial charge in [-0.15, -0.1) is 0 Å². The summed E-state index contributed by atoms with van der Waals surface area (Å²) in [5.74, 6) is 1.09. The molecular formula is C23H24FN3O3. The molecule has 4 rings (SSSR count). The molecule has 0 bridgehead atoms. The number of ether oxygens (including phenoxy) is 2. The highest BCUT2D eigenvalue weighted by Gasteiger charge is 2.29. The Balaban J connectivity index is 1.23. The number of hydrogen-bond donors (Lipinski definition) is 1. The molecule has 1 fully saturated rings. The van der Waals surface area contributed by atoms with E-state index < -0.39 is 0 Å². The first kappa shape index (κ1) is 19.9. The number of hydrogen-bond acceptors (Lipinski definition) is 4. The van der Waals surface area contributed by atoms with Gasteiger partial charge in [0.25, 0.3) is 5.91 Å². The summed E-state index contributed by atoms with van der Waals surface area (Å²) < 4.78 is 24.3. The van der Waals surface area contributed by atoms with Crippen LogP contribution in [0.25, 0.3) is 0 Å². The standard InChI is InChI=1S/C23H24FN3O3/c24-18-5-4-8-21(13-18)29-12-10-19-14-22(26-25-19)17-9-11-27(15-17)23(28)16-30-20-6-2-1-3-7-20/h1-8,13-14,17H,9-12,15-16H2,(H,25,26)/t17-/m1/s1. The number of halogens is 1. The highest BCUT2D eigenvalue weighted by atomic mass is 19.1. The van der Waals surface area contributed by atoms with Crippen molar-refractivity contribution >= 4 is 5.91 Å². The number of nitrogens with zero attached hydrogens (tertiary/aromatic N) is 2. The molecule has 1 amide bonds. The number of rotatable bonds is 8. The van der Waals surface area contributed by atoms with E-state index in [1.165, 1.54) is 12.1 Å². The highest BCUT2D eigenvalue weighted by molar-refractivity contribution is 5.78. The minimum Gasteiger partial charge on any atom is -0.493 e. The average Bonchev–Trinajstić information content (AvgIpc) is 3.43. The Labute approximate surface area is 174 Å². The molecule has 1 saturated heterocycles. The first-order valence-corrected chi connectivity index (χ1v) is 10.1. The van der Waals surface area contributed by atoms with Crippen LogP contribution in [0.3, 0.4) is 0 Å². The maximum Gasteiger partial charge on any atom is 0.260 e. The molecule has 0 spiro atoms. The largest absolute Gasteiger partial charge is 0.493 e. The molecule has 1 aromatic heterocycles. The summed E-state index contributed by atoms with van der Waals surface area (Å²) in [6.45, 7) is 1.81. The minimum absolute atomic E-state index is 0.0133. The molecule has 0 radical (unpaired) electrons. The van der Waals surface area contributed by atoms with Crippen molar-refractivity contribution in [3.8, 4) is 11.5 Å². The minimum atomic E-state index is -0.314. The van der Waals surface area contributed by atoms with Crippen molar-refractivity contribution < 1.29 is 18.7 Å². The fourth-order valence-corrected chi connectivity index (χ4v) is 3.53. The number of H-pyrrole nitrogens is 1. The highest BCUT2D eigenvalue weighted by Crippen LogP contribution is 2.26. The molecule has 2 aromatic carbocycles. The van der Waals surface area contributed by atoms with Crippen LogP contribution < -0.4 is 9.47 Å². The fourth-order valence-electron chi connectivity index (χ4n) is 3.53. The smallest absolute Gasteiger partial charge is 0.260 e. The molecule has 3 aromatic rings. The lowest BCUT2D eigenvalue weighted by molar-refractivity contribution is -0.132. The normalized spacial score (nSPS) is 15.9. The number of carbonyl (C=O) groups excluding carboxylic acids is 1. The van der Waals surface area contributed by atoms with E-state index in [9.17, 15) is 9.18 Å². The predicted molar refractivity (Wildman–Crippen MR) is 110 cm³/mol. The van der Waals surface area contributed by atoms with E-state index in [0.717, 1.165) is 17.8 Å². The van der Waals surface area contributed by atoms with E-state index in [0.29, 0.717) is 37.6 Å². The summed E-state index contributed by atoms with van der Waals surface area (Å²) in [6.07, 6.45) is 1.52. The molecule has 156 valence electrons. The average molecular weight is 409 g/mol. The Morgan fingerprint density at radius 1 is 1.10 bits per heavy atom. The van der Waals surface area contributed by atoms with Crippen LogP contribution in [0.4, 0.5) is 4.39 Å². The van der Waals surface area contributed by atoms with Crippen LogP contribution in [0.5, 0.6) is 11.5 Å². The van der Waals surface area contributed by atoms with Crippen LogP contribution in [-0.4, -0.2) is 47.3 Å². The number of nitrogens with one attached hydrogen (secondary N) is 1. The van der Waals surface area contributed by atoms with E-state index in [1.807, 2.05) is 41.3 Å². The number of para-hydroxylation sites is 1. The summed E-state index contributed by atoms with van der Waals surface area (Å²) in [4.78, 5) is 14.3. The summed E-state index contributed by atoms with van der Waals surface area (Å²) in [5, 5.41) is 7.45. The molecule has 7 heteroatoms. The van der Waals surface area contributed by atoms with Crippen LogP contribution >= 0.6 is 0 Å². The maximum atomic E-state index is 13.2. The molecule has 6 nitrogen and oxygen atoms in total. The third-order valence-electron chi connectivity index (χ3n) is 5.15. The zero-order chi connectivity index (χ0) is 20.8. The van der Waals surface area contributed by atoms with E-state index in [4.69, 9.17) is 9.47 Å². The van der Waals surface area contributed by atoms with Gasteiger partial charge in [0.15, 0.2) is 6.61 Å². The molecule has 0 aliphatic carbocycles. The van der Waals surface area contributed by atoms with Crippen molar-refractivity contribution in [1.29, 1.82) is 0 Å². The van der Waals surface area contributed by atoms with Crippen LogP contribution in [0.2, 0.25) is 0 Å². The number of aromatic amines is 1. The van der Waals surface area contributed by atoms with Gasteiger partial charge < -0.3 is 14.4 Å². The number of carbonyl (C=O) groups is 1. The second kappa shape index (κ2) is 9.43. The van der Waals surface area contributed by atoms with Crippen LogP contribution in [0.15, 0.2) is 60.7 Å². The van der Waals surface area contributed by atoms with Crippen LogP contribution in [0, 0.1) is 5.82 Å². The first-order valence-electron chi connectivity index (χ1n) is 10.1. The Morgan fingerprint density at radius 3 is 2.77 bits per heavy atom. The molecule has 1 aliphatic rings. The van der Waals surface area contributed by atoms with Crippen molar-refractivity contribution in [1.82, 2.24) is 15.1 Å². The van der Waals surface area contributed by atoms with Gasteiger partial charge in [-0.3, -0.25) is 9.89 Å². The topological polar surface area (TPSA) is 67.4 Å². The van der Waals surface area contributed by atoms with E-state index in [1.54, 1.807) is 12.1 Å². The Hall–Kier alpha value is -3.35. The summed E-state index contributed by atoms with van der Waals surface area (Å²) in [5.41, 5.74) is 1.91. The second-order valence-electron chi connectivity index (χ2n) is 7.30. The Bertz CT molecular complexity index is 977. The van der Waals surface area contributed by atoms with Crippen LogP contribution in [-0.2, 0) is 11.2 Å². The van der Waals surface area contributed by atoms with Crippen molar-refractivity contribution in [2.75, 3.05) is 26.3 Å². The number of aromatic nitrogens is 2. The lowest BCUT2D eigenvalue weighted by atomic mass is 10.0. The van der Waals surface area contributed by atoms with Gasteiger partial charge in [0.1, 0.15) is 17.3 Å². The molecule has 0 unspecified atom stereocenters. The molecule has 1 aliphatic heterocycles. The van der Waals surface area contributed by atoms with Gasteiger partial charge in [-0.2, -0.15) is 5.10 Å². The third-order valence-corrected chi connectivity index (χ3v) is 5.15. The predicted octanol–water partition coefficient (Wildman–Crippen LogP) is 3.57. The zero-order valence-corrected chi connectivity index (χ0v) is 16.6. The quantitative estimate of drug-likeness (QED) is 0.618. The molecule has 1 atom stereocenters. The number of likely N-dealkylation sites (tertiary alicyclic amines) is 1. The number of benzene rings is 2. The Morgan fingerprint density at radius 2 is 1.93 bits per heavy atom. The van der Waals surface area contributed by atoms with Crippen LogP contribution in [0.1, 0.15) is 23.7 Å². The maximum absolute atomic E-state index is 13.2. The Kier molecular flexibility index (Phi) is 6.27. The molecular weight excluding hydrogens is 385 g/mol.